The molecule has 0 fully saturated rings. The number of fused-ring (bicyclic) bond motifs is 1. The third-order valence-electron chi connectivity index (χ3n) is 4.11. The highest BCUT2D eigenvalue weighted by atomic mass is 35.5. The van der Waals surface area contributed by atoms with E-state index in [1.165, 1.54) is 4.88 Å². The second kappa shape index (κ2) is 6.47. The topological polar surface area (TPSA) is 61.9 Å². The van der Waals surface area contributed by atoms with E-state index in [-0.39, 0.29) is 5.56 Å². The van der Waals surface area contributed by atoms with Gasteiger partial charge in [0.25, 0.3) is 5.56 Å². The fraction of sp³-hybridized carbons (Fsp3) is 0.235. The molecule has 1 aliphatic heterocycles. The summed E-state index contributed by atoms with van der Waals surface area (Å²) in [5.74, 6) is 0.611. The van der Waals surface area contributed by atoms with Crippen molar-refractivity contribution in [1.29, 1.82) is 0 Å². The summed E-state index contributed by atoms with van der Waals surface area (Å²) < 4.78 is 0.795. The van der Waals surface area contributed by atoms with Crippen LogP contribution in [0.2, 0.25) is 4.34 Å². The zero-order valence-electron chi connectivity index (χ0n) is 12.8. The summed E-state index contributed by atoms with van der Waals surface area (Å²) in [6, 6.07) is 7.65. The van der Waals surface area contributed by atoms with Crippen molar-refractivity contribution in [2.24, 2.45) is 0 Å². The molecule has 0 aromatic carbocycles. The second-order valence-electron chi connectivity index (χ2n) is 5.74. The van der Waals surface area contributed by atoms with Gasteiger partial charge in [-0.25, -0.2) is 4.98 Å². The first-order valence-corrected chi connectivity index (χ1v) is 8.87. The van der Waals surface area contributed by atoms with Gasteiger partial charge in [-0.15, -0.1) is 11.3 Å². The summed E-state index contributed by atoms with van der Waals surface area (Å²) >= 11 is 7.57. The highest BCUT2D eigenvalue weighted by Gasteiger charge is 2.21. The molecule has 0 atom stereocenters. The highest BCUT2D eigenvalue weighted by molar-refractivity contribution is 7.16. The van der Waals surface area contributed by atoms with Gasteiger partial charge in [-0.1, -0.05) is 11.6 Å². The molecule has 0 unspecified atom stereocenters. The van der Waals surface area contributed by atoms with E-state index in [0.29, 0.717) is 12.4 Å². The van der Waals surface area contributed by atoms with Crippen molar-refractivity contribution < 1.29 is 0 Å². The second-order valence-corrected chi connectivity index (χ2v) is 7.54. The third kappa shape index (κ3) is 3.13. The maximum absolute atomic E-state index is 12.5. The van der Waals surface area contributed by atoms with E-state index in [9.17, 15) is 4.79 Å². The Balaban J connectivity index is 1.59. The Morgan fingerprint density at radius 1 is 1.25 bits per heavy atom. The van der Waals surface area contributed by atoms with Crippen LogP contribution in [0.1, 0.15) is 16.1 Å². The van der Waals surface area contributed by atoms with E-state index in [0.717, 1.165) is 40.7 Å². The Morgan fingerprint density at radius 2 is 2.08 bits per heavy atom. The number of aromatic nitrogens is 3. The zero-order chi connectivity index (χ0) is 16.5. The van der Waals surface area contributed by atoms with Gasteiger partial charge >= 0.3 is 0 Å². The average molecular weight is 359 g/mol. The van der Waals surface area contributed by atoms with Gasteiger partial charge in [0.05, 0.1) is 15.6 Å². The van der Waals surface area contributed by atoms with E-state index in [2.05, 4.69) is 19.9 Å². The Labute approximate surface area is 148 Å². The number of hydrogen-bond acceptors (Lipinski definition) is 5. The molecular weight excluding hydrogens is 344 g/mol. The molecule has 122 valence electrons. The molecule has 5 nitrogen and oxygen atoms in total. The molecule has 0 saturated heterocycles. The molecule has 3 aromatic rings. The van der Waals surface area contributed by atoms with E-state index in [1.54, 1.807) is 23.7 Å². The van der Waals surface area contributed by atoms with Crippen molar-refractivity contribution in [3.05, 3.63) is 67.5 Å². The van der Waals surface area contributed by atoms with Crippen molar-refractivity contribution in [1.82, 2.24) is 19.9 Å². The van der Waals surface area contributed by atoms with E-state index >= 15 is 0 Å². The SMILES string of the molecule is O=c1[nH]c(-c2ccncc2)nc2c1CN(Cc1ccc(Cl)s1)CC2. The molecule has 0 amide bonds. The van der Waals surface area contributed by atoms with Gasteiger partial charge in [-0.2, -0.15) is 0 Å². The first-order valence-electron chi connectivity index (χ1n) is 7.68. The largest absolute Gasteiger partial charge is 0.306 e. The van der Waals surface area contributed by atoms with Crippen LogP contribution in [-0.4, -0.2) is 26.4 Å². The number of pyridine rings is 1. The minimum absolute atomic E-state index is 0.0549. The van der Waals surface area contributed by atoms with Gasteiger partial charge < -0.3 is 4.98 Å². The lowest BCUT2D eigenvalue weighted by molar-refractivity contribution is 0.244. The molecule has 1 aliphatic rings. The van der Waals surface area contributed by atoms with Crippen LogP contribution in [0, 0.1) is 0 Å². The molecule has 3 aromatic heterocycles. The standard InChI is InChI=1S/C17H15ClN4OS/c18-15-2-1-12(24-15)9-22-8-5-14-13(10-22)17(23)21-16(20-14)11-3-6-19-7-4-11/h1-4,6-7H,5,8-10H2,(H,20,21,23). The monoisotopic (exact) mass is 358 g/mol. The number of nitrogens with one attached hydrogen (secondary N) is 1. The van der Waals surface area contributed by atoms with Crippen LogP contribution in [0.15, 0.2) is 41.5 Å². The van der Waals surface area contributed by atoms with Crippen molar-refractivity contribution in [3.8, 4) is 11.4 Å². The van der Waals surface area contributed by atoms with Gasteiger partial charge in [-0.3, -0.25) is 14.7 Å². The summed E-state index contributed by atoms with van der Waals surface area (Å²) in [5.41, 5.74) is 2.48. The van der Waals surface area contributed by atoms with E-state index < -0.39 is 0 Å². The predicted molar refractivity (Wildman–Crippen MR) is 95.2 cm³/mol. The van der Waals surface area contributed by atoms with Crippen LogP contribution in [0.25, 0.3) is 11.4 Å². The van der Waals surface area contributed by atoms with Crippen LogP contribution in [0.3, 0.4) is 0 Å². The minimum Gasteiger partial charge on any atom is -0.306 e. The van der Waals surface area contributed by atoms with Gasteiger partial charge in [0.2, 0.25) is 0 Å². The molecule has 0 aliphatic carbocycles. The van der Waals surface area contributed by atoms with Crippen molar-refractivity contribution in [3.63, 3.8) is 0 Å². The van der Waals surface area contributed by atoms with Gasteiger partial charge in [-0.05, 0) is 24.3 Å². The maximum atomic E-state index is 12.5. The van der Waals surface area contributed by atoms with Crippen LogP contribution in [0.4, 0.5) is 0 Å². The van der Waals surface area contributed by atoms with Crippen LogP contribution in [-0.2, 0) is 19.5 Å². The number of rotatable bonds is 3. The highest BCUT2D eigenvalue weighted by Crippen LogP contribution is 2.25. The maximum Gasteiger partial charge on any atom is 0.255 e. The summed E-state index contributed by atoms with van der Waals surface area (Å²) in [6.07, 6.45) is 4.17. The lowest BCUT2D eigenvalue weighted by Gasteiger charge is -2.27. The van der Waals surface area contributed by atoms with Crippen LogP contribution in [0.5, 0.6) is 0 Å². The summed E-state index contributed by atoms with van der Waals surface area (Å²) in [4.78, 5) is 27.5. The van der Waals surface area contributed by atoms with Gasteiger partial charge in [0, 0.05) is 48.9 Å². The van der Waals surface area contributed by atoms with Crippen LogP contribution < -0.4 is 5.56 Å². The molecule has 4 rings (SSSR count). The first-order chi connectivity index (χ1) is 11.7. The molecule has 0 spiro atoms. The molecule has 4 heterocycles. The predicted octanol–water partition coefficient (Wildman–Crippen LogP) is 3.11. The molecule has 24 heavy (non-hydrogen) atoms. The summed E-state index contributed by atoms with van der Waals surface area (Å²) in [5, 5.41) is 0. The number of aromatic amines is 1. The molecule has 7 heteroatoms. The van der Waals surface area contributed by atoms with Crippen LogP contribution >= 0.6 is 22.9 Å². The fourth-order valence-electron chi connectivity index (χ4n) is 2.92. The number of hydrogen-bond donors (Lipinski definition) is 1. The number of H-pyrrole nitrogens is 1. The van der Waals surface area contributed by atoms with Crippen molar-refractivity contribution in [2.75, 3.05) is 6.54 Å². The Morgan fingerprint density at radius 3 is 2.83 bits per heavy atom. The summed E-state index contributed by atoms with van der Waals surface area (Å²) in [6.45, 7) is 2.31. The molecular formula is C17H15ClN4OS. The number of thiophene rings is 1. The normalized spacial score (nSPS) is 14.5. The quantitative estimate of drug-likeness (QED) is 0.781. The Kier molecular flexibility index (Phi) is 4.18. The molecule has 0 bridgehead atoms. The summed E-state index contributed by atoms with van der Waals surface area (Å²) in [7, 11) is 0. The van der Waals surface area contributed by atoms with Crippen molar-refractivity contribution >= 4 is 22.9 Å². The smallest absolute Gasteiger partial charge is 0.255 e. The first kappa shape index (κ1) is 15.5. The molecule has 1 N–H and O–H groups in total. The van der Waals surface area contributed by atoms with Gasteiger partial charge in [0.15, 0.2) is 0 Å². The molecule has 0 radical (unpaired) electrons. The van der Waals surface area contributed by atoms with E-state index in [4.69, 9.17) is 11.6 Å². The lowest BCUT2D eigenvalue weighted by Crippen LogP contribution is -2.35. The number of halogens is 1. The van der Waals surface area contributed by atoms with Crippen molar-refractivity contribution in [2.45, 2.75) is 19.5 Å². The third-order valence-corrected chi connectivity index (χ3v) is 5.33. The average Bonchev–Trinajstić information content (AvgIpc) is 3.01. The zero-order valence-corrected chi connectivity index (χ0v) is 14.4. The number of nitrogens with zero attached hydrogens (tertiary/aromatic N) is 3. The Bertz CT molecular complexity index is 922. The minimum atomic E-state index is -0.0549. The fourth-order valence-corrected chi connectivity index (χ4v) is 4.05. The Hall–Kier alpha value is -2.02. The van der Waals surface area contributed by atoms with Gasteiger partial charge in [0.1, 0.15) is 5.82 Å². The molecule has 0 saturated carbocycles. The van der Waals surface area contributed by atoms with E-state index in [1.807, 2.05) is 24.3 Å². The lowest BCUT2D eigenvalue weighted by atomic mass is 10.1.